The number of para-hydroxylation sites is 2. The summed E-state index contributed by atoms with van der Waals surface area (Å²) in [5.41, 5.74) is 0.240. The smallest absolute Gasteiger partial charge is 0.292 e. The summed E-state index contributed by atoms with van der Waals surface area (Å²) in [5.74, 6) is -0.142. The molecule has 0 aromatic heterocycles. The fraction of sp³-hybridized carbons (Fsp3) is 0.455. The Balaban J connectivity index is 2.61. The molecule has 2 N–H and O–H groups in total. The Bertz CT molecular complexity index is 543. The Morgan fingerprint density at radius 3 is 2.53 bits per heavy atom. The maximum absolute atomic E-state index is 11.6. The number of hydrogen-bond acceptors (Lipinski definition) is 5. The van der Waals surface area contributed by atoms with Crippen LogP contribution in [0.1, 0.15) is 13.8 Å². The van der Waals surface area contributed by atoms with Gasteiger partial charge in [0.25, 0.3) is 5.69 Å². The number of hydrogen-bond donors (Lipinski definition) is 2. The average molecular weight is 287 g/mol. The highest BCUT2D eigenvalue weighted by Crippen LogP contribution is 2.22. The molecule has 106 valence electrons. The molecule has 0 amide bonds. The second kappa shape index (κ2) is 6.48. The first-order valence-electron chi connectivity index (χ1n) is 5.79. The minimum absolute atomic E-state index is 0.0725. The van der Waals surface area contributed by atoms with Crippen LogP contribution in [-0.2, 0) is 10.0 Å². The van der Waals surface area contributed by atoms with E-state index in [1.165, 1.54) is 6.07 Å². The molecule has 0 atom stereocenters. The van der Waals surface area contributed by atoms with Crippen LogP contribution < -0.4 is 10.0 Å². The molecule has 19 heavy (non-hydrogen) atoms. The van der Waals surface area contributed by atoms with Gasteiger partial charge in [-0.1, -0.05) is 12.1 Å². The molecule has 1 aromatic rings. The maximum Gasteiger partial charge on any atom is 0.292 e. The van der Waals surface area contributed by atoms with Crippen molar-refractivity contribution in [3.8, 4) is 0 Å². The molecule has 0 fully saturated rings. The Labute approximate surface area is 112 Å². The normalized spacial score (nSPS) is 11.5. The molecule has 0 radical (unpaired) electrons. The number of nitro benzene ring substituents is 1. The predicted molar refractivity (Wildman–Crippen MR) is 73.6 cm³/mol. The van der Waals surface area contributed by atoms with Crippen molar-refractivity contribution in [3.05, 3.63) is 34.4 Å². The van der Waals surface area contributed by atoms with Crippen LogP contribution in [0.3, 0.4) is 0 Å². The minimum Gasteiger partial charge on any atom is -0.378 e. The van der Waals surface area contributed by atoms with E-state index in [-0.39, 0.29) is 24.0 Å². The molecule has 0 saturated carbocycles. The number of benzene rings is 1. The molecule has 0 unspecified atom stereocenters. The lowest BCUT2D eigenvalue weighted by molar-refractivity contribution is -0.384. The van der Waals surface area contributed by atoms with Gasteiger partial charge in [-0.25, -0.2) is 13.1 Å². The third-order valence-corrected chi connectivity index (χ3v) is 3.77. The standard InChI is InChI=1S/C11H17N3O4S/c1-9(2)13-19(17,18)8-7-12-10-5-3-4-6-11(10)14(15)16/h3-6,9,12-13H,7-8H2,1-2H3. The van der Waals surface area contributed by atoms with Crippen molar-refractivity contribution >= 4 is 21.4 Å². The van der Waals surface area contributed by atoms with E-state index in [0.29, 0.717) is 5.69 Å². The molecular formula is C11H17N3O4S. The van der Waals surface area contributed by atoms with Crippen molar-refractivity contribution in [3.63, 3.8) is 0 Å². The van der Waals surface area contributed by atoms with Gasteiger partial charge in [-0.15, -0.1) is 0 Å². The lowest BCUT2D eigenvalue weighted by atomic mass is 10.2. The first-order chi connectivity index (χ1) is 8.82. The molecule has 1 aromatic carbocycles. The molecule has 8 heteroatoms. The van der Waals surface area contributed by atoms with Crippen LogP contribution in [0.25, 0.3) is 0 Å². The monoisotopic (exact) mass is 287 g/mol. The third-order valence-electron chi connectivity index (χ3n) is 2.20. The van der Waals surface area contributed by atoms with Crippen molar-refractivity contribution in [2.45, 2.75) is 19.9 Å². The zero-order valence-electron chi connectivity index (χ0n) is 10.8. The topological polar surface area (TPSA) is 101 Å². The fourth-order valence-electron chi connectivity index (χ4n) is 1.52. The molecule has 0 aliphatic rings. The molecule has 1 rings (SSSR count). The van der Waals surface area contributed by atoms with Crippen molar-refractivity contribution in [2.75, 3.05) is 17.6 Å². The van der Waals surface area contributed by atoms with Gasteiger partial charge in [-0.2, -0.15) is 0 Å². The number of nitrogens with one attached hydrogen (secondary N) is 2. The van der Waals surface area contributed by atoms with E-state index in [0.717, 1.165) is 0 Å². The SMILES string of the molecule is CC(C)NS(=O)(=O)CCNc1ccccc1[N+](=O)[O-]. The van der Waals surface area contributed by atoms with Crippen LogP contribution in [-0.4, -0.2) is 31.7 Å². The molecule has 0 aliphatic carbocycles. The van der Waals surface area contributed by atoms with Gasteiger partial charge in [-0.3, -0.25) is 10.1 Å². The van der Waals surface area contributed by atoms with E-state index in [9.17, 15) is 18.5 Å². The molecule has 0 bridgehead atoms. The number of nitrogens with zero attached hydrogens (tertiary/aromatic N) is 1. The summed E-state index contributed by atoms with van der Waals surface area (Å²) in [6, 6.07) is 5.94. The van der Waals surface area contributed by atoms with Crippen LogP contribution in [0.2, 0.25) is 0 Å². The Hall–Kier alpha value is -1.67. The maximum atomic E-state index is 11.6. The van der Waals surface area contributed by atoms with E-state index in [2.05, 4.69) is 10.0 Å². The highest BCUT2D eigenvalue weighted by molar-refractivity contribution is 7.89. The van der Waals surface area contributed by atoms with Crippen molar-refractivity contribution in [2.24, 2.45) is 0 Å². The van der Waals surface area contributed by atoms with Crippen LogP contribution in [0.5, 0.6) is 0 Å². The van der Waals surface area contributed by atoms with E-state index in [4.69, 9.17) is 0 Å². The molecule has 7 nitrogen and oxygen atoms in total. The molecule has 0 aliphatic heterocycles. The number of rotatable bonds is 7. The first kappa shape index (κ1) is 15.4. The average Bonchev–Trinajstić information content (AvgIpc) is 2.27. The largest absolute Gasteiger partial charge is 0.378 e. The summed E-state index contributed by atoms with van der Waals surface area (Å²) in [7, 11) is -3.37. The zero-order valence-corrected chi connectivity index (χ0v) is 11.6. The third kappa shape index (κ3) is 5.23. The lowest BCUT2D eigenvalue weighted by Gasteiger charge is -2.10. The summed E-state index contributed by atoms with van der Waals surface area (Å²) >= 11 is 0. The van der Waals surface area contributed by atoms with Crippen molar-refractivity contribution in [1.29, 1.82) is 0 Å². The van der Waals surface area contributed by atoms with E-state index < -0.39 is 14.9 Å². The Morgan fingerprint density at radius 2 is 1.95 bits per heavy atom. The van der Waals surface area contributed by atoms with E-state index in [1.54, 1.807) is 32.0 Å². The summed E-state index contributed by atoms with van der Waals surface area (Å²) in [6.07, 6.45) is 0. The van der Waals surface area contributed by atoms with Crippen molar-refractivity contribution < 1.29 is 13.3 Å². The quantitative estimate of drug-likeness (QED) is 0.582. The summed E-state index contributed by atoms with van der Waals surface area (Å²) < 4.78 is 25.6. The molecule has 0 saturated heterocycles. The fourth-order valence-corrected chi connectivity index (χ4v) is 2.73. The molecular weight excluding hydrogens is 270 g/mol. The van der Waals surface area contributed by atoms with Gasteiger partial charge in [0.15, 0.2) is 0 Å². The first-order valence-corrected chi connectivity index (χ1v) is 7.44. The molecule has 0 heterocycles. The second-order valence-corrected chi connectivity index (χ2v) is 6.17. The summed E-state index contributed by atoms with van der Waals surface area (Å²) in [5, 5.41) is 13.5. The van der Waals surface area contributed by atoms with Crippen LogP contribution in [0, 0.1) is 10.1 Å². The Morgan fingerprint density at radius 1 is 1.32 bits per heavy atom. The van der Waals surface area contributed by atoms with Gasteiger partial charge >= 0.3 is 0 Å². The van der Waals surface area contributed by atoms with E-state index in [1.807, 2.05) is 0 Å². The Kier molecular flexibility index (Phi) is 5.25. The van der Waals surface area contributed by atoms with Gasteiger partial charge in [-0.05, 0) is 19.9 Å². The highest BCUT2D eigenvalue weighted by atomic mass is 32.2. The highest BCUT2D eigenvalue weighted by Gasteiger charge is 2.14. The van der Waals surface area contributed by atoms with Gasteiger partial charge in [0.1, 0.15) is 5.69 Å². The van der Waals surface area contributed by atoms with Gasteiger partial charge in [0.05, 0.1) is 10.7 Å². The second-order valence-electron chi connectivity index (χ2n) is 4.29. The number of sulfonamides is 1. The van der Waals surface area contributed by atoms with E-state index >= 15 is 0 Å². The predicted octanol–water partition coefficient (Wildman–Crippen LogP) is 1.33. The van der Waals surface area contributed by atoms with Gasteiger partial charge in [0, 0.05) is 18.7 Å². The zero-order chi connectivity index (χ0) is 14.5. The summed E-state index contributed by atoms with van der Waals surface area (Å²) in [6.45, 7) is 3.56. The van der Waals surface area contributed by atoms with Gasteiger partial charge in [0.2, 0.25) is 10.0 Å². The number of nitro groups is 1. The minimum atomic E-state index is -3.37. The van der Waals surface area contributed by atoms with Crippen molar-refractivity contribution in [1.82, 2.24) is 4.72 Å². The summed E-state index contributed by atoms with van der Waals surface area (Å²) in [4.78, 5) is 10.3. The molecule has 0 spiro atoms. The number of anilines is 1. The van der Waals surface area contributed by atoms with Gasteiger partial charge < -0.3 is 5.32 Å². The van der Waals surface area contributed by atoms with Crippen LogP contribution in [0.4, 0.5) is 11.4 Å². The van der Waals surface area contributed by atoms with Crippen LogP contribution in [0.15, 0.2) is 24.3 Å². The van der Waals surface area contributed by atoms with Crippen LogP contribution >= 0.6 is 0 Å². The lowest BCUT2D eigenvalue weighted by Crippen LogP contribution is -2.34.